The minimum absolute atomic E-state index is 0.123. The zero-order valence-electron chi connectivity index (χ0n) is 8.41. The van der Waals surface area contributed by atoms with Gasteiger partial charge in [-0.15, -0.1) is 0 Å². The summed E-state index contributed by atoms with van der Waals surface area (Å²) in [6.45, 7) is 0. The van der Waals surface area contributed by atoms with E-state index in [-0.39, 0.29) is 5.75 Å². The van der Waals surface area contributed by atoms with E-state index >= 15 is 0 Å². The summed E-state index contributed by atoms with van der Waals surface area (Å²) in [7, 11) is 1.28. The highest BCUT2D eigenvalue weighted by atomic mass is 19.3. The van der Waals surface area contributed by atoms with E-state index in [0.717, 1.165) is 12.1 Å². The second kappa shape index (κ2) is 4.34. The molecule has 0 spiro atoms. The predicted octanol–water partition coefficient (Wildman–Crippen LogP) is 1.97. The molecule has 0 bridgehead atoms. The third kappa shape index (κ3) is 2.59. The summed E-state index contributed by atoms with van der Waals surface area (Å²) < 4.78 is 31.5. The number of aliphatic carboxylic acids is 1. The van der Waals surface area contributed by atoms with Gasteiger partial charge in [-0.2, -0.15) is 0 Å². The normalized spacial score (nSPS) is 11.2. The molecule has 1 aromatic rings. The van der Waals surface area contributed by atoms with Gasteiger partial charge in [0.25, 0.3) is 5.92 Å². The summed E-state index contributed by atoms with van der Waals surface area (Å²) in [6, 6.07) is 3.25. The third-order valence-electron chi connectivity index (χ3n) is 1.97. The number of halogens is 2. The number of phenolic OH excluding ortho intramolecular Hbond substituents is 1. The number of carbonyl (C=O) groups is 1. The van der Waals surface area contributed by atoms with Gasteiger partial charge in [-0.25, -0.2) is 8.78 Å². The number of carboxylic acid groups (broad SMARTS) is 1. The quantitative estimate of drug-likeness (QED) is 0.832. The van der Waals surface area contributed by atoms with Crippen LogP contribution in [-0.2, 0) is 10.7 Å². The maximum atomic E-state index is 13.4. The van der Waals surface area contributed by atoms with Crippen molar-refractivity contribution in [2.24, 2.45) is 0 Å². The molecule has 0 aliphatic heterocycles. The van der Waals surface area contributed by atoms with Gasteiger partial charge in [0, 0.05) is 0 Å². The van der Waals surface area contributed by atoms with E-state index in [1.807, 2.05) is 0 Å². The van der Waals surface area contributed by atoms with E-state index in [0.29, 0.717) is 0 Å². The first-order valence-electron chi connectivity index (χ1n) is 4.34. The van der Waals surface area contributed by atoms with Crippen molar-refractivity contribution in [3.63, 3.8) is 0 Å². The van der Waals surface area contributed by atoms with Crippen LogP contribution >= 0.6 is 0 Å². The molecule has 0 fully saturated rings. The standard InChI is InChI=1S/C10H10F2O4/c1-16-6-2-3-8(13)7(4-6)10(11,12)5-9(14)15/h2-4,13H,5H2,1H3,(H,14,15). The van der Waals surface area contributed by atoms with Crippen molar-refractivity contribution in [2.75, 3.05) is 7.11 Å². The first-order chi connectivity index (χ1) is 7.36. The molecular weight excluding hydrogens is 222 g/mol. The predicted molar refractivity (Wildman–Crippen MR) is 50.8 cm³/mol. The van der Waals surface area contributed by atoms with Crippen LogP contribution in [0.25, 0.3) is 0 Å². The molecule has 0 amide bonds. The van der Waals surface area contributed by atoms with Crippen molar-refractivity contribution < 1.29 is 28.5 Å². The number of ether oxygens (including phenoxy) is 1. The second-order valence-corrected chi connectivity index (χ2v) is 3.16. The second-order valence-electron chi connectivity index (χ2n) is 3.16. The van der Waals surface area contributed by atoms with Crippen LogP contribution in [0.5, 0.6) is 11.5 Å². The van der Waals surface area contributed by atoms with Crippen LogP contribution in [0.3, 0.4) is 0 Å². The van der Waals surface area contributed by atoms with Gasteiger partial charge in [0.2, 0.25) is 0 Å². The van der Waals surface area contributed by atoms with Crippen LogP contribution in [0.2, 0.25) is 0 Å². The highest BCUT2D eigenvalue weighted by molar-refractivity contribution is 5.68. The van der Waals surface area contributed by atoms with E-state index in [2.05, 4.69) is 0 Å². The summed E-state index contributed by atoms with van der Waals surface area (Å²) >= 11 is 0. The van der Waals surface area contributed by atoms with Crippen LogP contribution in [-0.4, -0.2) is 23.3 Å². The summed E-state index contributed by atoms with van der Waals surface area (Å²) in [6.07, 6.45) is -1.38. The highest BCUT2D eigenvalue weighted by Crippen LogP contribution is 2.39. The van der Waals surface area contributed by atoms with Gasteiger partial charge in [-0.3, -0.25) is 4.79 Å². The van der Waals surface area contributed by atoms with Gasteiger partial charge in [-0.1, -0.05) is 0 Å². The summed E-state index contributed by atoms with van der Waals surface area (Å²) in [5.74, 6) is -5.82. The van der Waals surface area contributed by atoms with Crippen molar-refractivity contribution in [1.82, 2.24) is 0 Å². The number of carboxylic acids is 1. The van der Waals surface area contributed by atoms with Gasteiger partial charge >= 0.3 is 5.97 Å². The Morgan fingerprint density at radius 1 is 1.50 bits per heavy atom. The Hall–Kier alpha value is -1.85. The summed E-state index contributed by atoms with van der Waals surface area (Å²) in [5, 5.41) is 17.6. The molecule has 0 unspecified atom stereocenters. The van der Waals surface area contributed by atoms with Gasteiger partial charge in [0.15, 0.2) is 0 Å². The first-order valence-corrected chi connectivity index (χ1v) is 4.34. The number of benzene rings is 1. The molecule has 0 saturated heterocycles. The topological polar surface area (TPSA) is 66.8 Å². The van der Waals surface area contributed by atoms with Crippen LogP contribution in [0, 0.1) is 0 Å². The Kier molecular flexibility index (Phi) is 3.31. The molecule has 1 rings (SSSR count). The average Bonchev–Trinajstić information content (AvgIpc) is 2.16. The van der Waals surface area contributed by atoms with Gasteiger partial charge < -0.3 is 14.9 Å². The number of phenols is 1. The Bertz CT molecular complexity index is 404. The van der Waals surface area contributed by atoms with Crippen LogP contribution in [0.15, 0.2) is 18.2 Å². The zero-order chi connectivity index (χ0) is 12.3. The smallest absolute Gasteiger partial charge is 0.309 e. The lowest BCUT2D eigenvalue weighted by Gasteiger charge is -2.16. The molecule has 16 heavy (non-hydrogen) atoms. The average molecular weight is 232 g/mol. The maximum absolute atomic E-state index is 13.4. The Morgan fingerprint density at radius 2 is 2.12 bits per heavy atom. The van der Waals surface area contributed by atoms with Crippen molar-refractivity contribution >= 4 is 5.97 Å². The molecule has 2 N–H and O–H groups in total. The number of hydrogen-bond acceptors (Lipinski definition) is 3. The number of methoxy groups -OCH3 is 1. The largest absolute Gasteiger partial charge is 0.507 e. The molecule has 0 aromatic heterocycles. The number of hydrogen-bond donors (Lipinski definition) is 2. The Labute approximate surface area is 90.1 Å². The van der Waals surface area contributed by atoms with Gasteiger partial charge in [0.05, 0.1) is 12.7 Å². The number of rotatable bonds is 4. The Morgan fingerprint density at radius 3 is 2.62 bits per heavy atom. The van der Waals surface area contributed by atoms with Crippen molar-refractivity contribution in [3.8, 4) is 11.5 Å². The van der Waals surface area contributed by atoms with E-state index in [1.165, 1.54) is 13.2 Å². The van der Waals surface area contributed by atoms with Crippen molar-refractivity contribution in [1.29, 1.82) is 0 Å². The monoisotopic (exact) mass is 232 g/mol. The minimum atomic E-state index is -3.63. The van der Waals surface area contributed by atoms with Gasteiger partial charge in [0.1, 0.15) is 17.9 Å². The van der Waals surface area contributed by atoms with E-state index in [9.17, 15) is 18.7 Å². The molecule has 6 heteroatoms. The molecule has 0 radical (unpaired) electrons. The maximum Gasteiger partial charge on any atom is 0.309 e. The van der Waals surface area contributed by atoms with Crippen molar-refractivity contribution in [3.05, 3.63) is 23.8 Å². The molecule has 0 saturated carbocycles. The van der Waals surface area contributed by atoms with E-state index in [4.69, 9.17) is 9.84 Å². The fourth-order valence-corrected chi connectivity index (χ4v) is 1.22. The SMILES string of the molecule is COc1ccc(O)c(C(F)(F)CC(=O)O)c1. The first kappa shape index (κ1) is 12.2. The number of aromatic hydroxyl groups is 1. The fraction of sp³-hybridized carbons (Fsp3) is 0.300. The zero-order valence-corrected chi connectivity index (χ0v) is 8.41. The Balaban J connectivity index is 3.14. The van der Waals surface area contributed by atoms with Crippen molar-refractivity contribution in [2.45, 2.75) is 12.3 Å². The fourth-order valence-electron chi connectivity index (χ4n) is 1.22. The molecular formula is C10H10F2O4. The molecule has 1 aromatic carbocycles. The molecule has 88 valence electrons. The van der Waals surface area contributed by atoms with Crippen LogP contribution in [0.4, 0.5) is 8.78 Å². The molecule has 0 aliphatic rings. The van der Waals surface area contributed by atoms with Crippen LogP contribution in [0.1, 0.15) is 12.0 Å². The summed E-state index contributed by atoms with van der Waals surface area (Å²) in [5.41, 5.74) is -0.755. The molecule has 0 heterocycles. The minimum Gasteiger partial charge on any atom is -0.507 e. The third-order valence-corrected chi connectivity index (χ3v) is 1.97. The highest BCUT2D eigenvalue weighted by Gasteiger charge is 2.37. The lowest BCUT2D eigenvalue weighted by molar-refractivity contribution is -0.145. The number of alkyl halides is 2. The van der Waals surface area contributed by atoms with E-state index in [1.54, 1.807) is 0 Å². The molecule has 0 aliphatic carbocycles. The molecule has 4 nitrogen and oxygen atoms in total. The lowest BCUT2D eigenvalue weighted by atomic mass is 10.0. The van der Waals surface area contributed by atoms with Gasteiger partial charge in [-0.05, 0) is 18.2 Å². The van der Waals surface area contributed by atoms with Crippen LogP contribution < -0.4 is 4.74 Å². The lowest BCUT2D eigenvalue weighted by Crippen LogP contribution is -2.18. The summed E-state index contributed by atoms with van der Waals surface area (Å²) in [4.78, 5) is 10.3. The molecule has 0 atom stereocenters. The van der Waals surface area contributed by atoms with E-state index < -0.39 is 29.6 Å².